The summed E-state index contributed by atoms with van der Waals surface area (Å²) >= 11 is 3.08. The van der Waals surface area contributed by atoms with Crippen LogP contribution in [-0.4, -0.2) is 15.9 Å². The number of thiazole rings is 1. The predicted molar refractivity (Wildman–Crippen MR) is 86.6 cm³/mol. The molecule has 0 unspecified atom stereocenters. The summed E-state index contributed by atoms with van der Waals surface area (Å²) in [6, 6.07) is 5.86. The number of amides is 1. The Balaban J connectivity index is 1.58. The van der Waals surface area contributed by atoms with Crippen LogP contribution in [0.15, 0.2) is 46.7 Å². The van der Waals surface area contributed by atoms with Crippen LogP contribution < -0.4 is 5.32 Å². The van der Waals surface area contributed by atoms with Crippen molar-refractivity contribution in [3.63, 3.8) is 0 Å². The molecular formula is C15H13N3OS2. The Morgan fingerprint density at radius 1 is 1.29 bits per heavy atom. The van der Waals surface area contributed by atoms with Crippen LogP contribution in [0.5, 0.6) is 0 Å². The van der Waals surface area contributed by atoms with Crippen molar-refractivity contribution in [1.82, 2.24) is 9.97 Å². The van der Waals surface area contributed by atoms with Crippen molar-refractivity contribution in [1.29, 1.82) is 0 Å². The van der Waals surface area contributed by atoms with Crippen LogP contribution in [0.2, 0.25) is 0 Å². The maximum absolute atomic E-state index is 11.9. The van der Waals surface area contributed by atoms with Gasteiger partial charge in [-0.25, -0.2) is 4.98 Å². The summed E-state index contributed by atoms with van der Waals surface area (Å²) in [6.07, 6.45) is 4.72. The largest absolute Gasteiger partial charge is 0.302 e. The van der Waals surface area contributed by atoms with E-state index >= 15 is 0 Å². The molecule has 0 aromatic carbocycles. The summed E-state index contributed by atoms with van der Waals surface area (Å²) in [5.74, 6) is -0.00622. The molecule has 0 spiro atoms. The molecule has 3 heterocycles. The first-order valence-corrected chi connectivity index (χ1v) is 8.30. The van der Waals surface area contributed by atoms with Crippen molar-refractivity contribution in [2.24, 2.45) is 0 Å². The van der Waals surface area contributed by atoms with Crippen LogP contribution in [0.25, 0.3) is 11.3 Å². The second kappa shape index (κ2) is 6.60. The van der Waals surface area contributed by atoms with E-state index in [0.29, 0.717) is 11.6 Å². The first-order valence-electron chi connectivity index (χ1n) is 6.48. The smallest absolute Gasteiger partial charge is 0.226 e. The molecule has 0 radical (unpaired) electrons. The first-order chi connectivity index (χ1) is 10.3. The van der Waals surface area contributed by atoms with Gasteiger partial charge in [0, 0.05) is 29.8 Å². The molecule has 0 saturated carbocycles. The zero-order valence-electron chi connectivity index (χ0n) is 11.2. The van der Waals surface area contributed by atoms with Gasteiger partial charge in [-0.1, -0.05) is 0 Å². The molecule has 0 aliphatic rings. The molecule has 0 fully saturated rings. The second-order valence-electron chi connectivity index (χ2n) is 4.46. The van der Waals surface area contributed by atoms with Gasteiger partial charge in [-0.05, 0) is 40.9 Å². The Morgan fingerprint density at radius 2 is 2.24 bits per heavy atom. The quantitative estimate of drug-likeness (QED) is 0.778. The molecule has 4 nitrogen and oxygen atoms in total. The maximum atomic E-state index is 11.9. The molecule has 1 N–H and O–H groups in total. The van der Waals surface area contributed by atoms with Crippen LogP contribution in [0.4, 0.5) is 5.13 Å². The predicted octanol–water partition coefficient (Wildman–Crippen LogP) is 3.84. The van der Waals surface area contributed by atoms with Crippen molar-refractivity contribution >= 4 is 33.7 Å². The van der Waals surface area contributed by atoms with E-state index in [9.17, 15) is 4.79 Å². The fraction of sp³-hybridized carbons (Fsp3) is 0.133. The molecule has 1 amide bonds. The third-order valence-electron chi connectivity index (χ3n) is 2.93. The molecule has 0 bridgehead atoms. The molecule has 0 aliphatic heterocycles. The number of anilines is 1. The topological polar surface area (TPSA) is 54.9 Å². The van der Waals surface area contributed by atoms with E-state index in [0.717, 1.165) is 17.7 Å². The monoisotopic (exact) mass is 315 g/mol. The molecular weight excluding hydrogens is 302 g/mol. The third-order valence-corrected chi connectivity index (χ3v) is 4.42. The minimum atomic E-state index is -0.00622. The van der Waals surface area contributed by atoms with Crippen molar-refractivity contribution in [3.8, 4) is 11.3 Å². The number of pyridine rings is 1. The van der Waals surface area contributed by atoms with E-state index in [1.807, 2.05) is 29.0 Å². The Kier molecular flexibility index (Phi) is 4.37. The summed E-state index contributed by atoms with van der Waals surface area (Å²) in [5, 5.41) is 9.49. The van der Waals surface area contributed by atoms with Gasteiger partial charge in [0.05, 0.1) is 5.69 Å². The lowest BCUT2D eigenvalue weighted by Crippen LogP contribution is -2.11. The minimum absolute atomic E-state index is 0.00622. The fourth-order valence-electron chi connectivity index (χ4n) is 1.85. The van der Waals surface area contributed by atoms with Crippen molar-refractivity contribution < 1.29 is 4.79 Å². The van der Waals surface area contributed by atoms with E-state index in [4.69, 9.17) is 0 Å². The van der Waals surface area contributed by atoms with Gasteiger partial charge < -0.3 is 5.32 Å². The lowest BCUT2D eigenvalue weighted by molar-refractivity contribution is -0.116. The number of nitrogens with one attached hydrogen (secondary N) is 1. The van der Waals surface area contributed by atoms with Gasteiger partial charge >= 0.3 is 0 Å². The minimum Gasteiger partial charge on any atom is -0.302 e. The first kappa shape index (κ1) is 13.9. The van der Waals surface area contributed by atoms with E-state index in [1.54, 1.807) is 23.7 Å². The fourth-order valence-corrected chi connectivity index (χ4v) is 3.29. The van der Waals surface area contributed by atoms with Crippen LogP contribution in [0.1, 0.15) is 12.0 Å². The van der Waals surface area contributed by atoms with Gasteiger partial charge in [-0.2, -0.15) is 11.3 Å². The number of thiophene rings is 1. The van der Waals surface area contributed by atoms with E-state index < -0.39 is 0 Å². The Morgan fingerprint density at radius 3 is 3.00 bits per heavy atom. The van der Waals surface area contributed by atoms with Gasteiger partial charge in [-0.3, -0.25) is 9.78 Å². The zero-order chi connectivity index (χ0) is 14.5. The van der Waals surface area contributed by atoms with Crippen molar-refractivity contribution in [3.05, 3.63) is 52.3 Å². The highest BCUT2D eigenvalue weighted by atomic mass is 32.1. The Bertz CT molecular complexity index is 708. The molecule has 106 valence electrons. The summed E-state index contributed by atoms with van der Waals surface area (Å²) < 4.78 is 0. The van der Waals surface area contributed by atoms with Crippen molar-refractivity contribution in [2.75, 3.05) is 5.32 Å². The Labute approximate surface area is 130 Å². The summed E-state index contributed by atoms with van der Waals surface area (Å²) in [5.41, 5.74) is 2.99. The van der Waals surface area contributed by atoms with Gasteiger partial charge in [0.15, 0.2) is 5.13 Å². The van der Waals surface area contributed by atoms with Gasteiger partial charge in [0.25, 0.3) is 0 Å². The third kappa shape index (κ3) is 3.74. The van der Waals surface area contributed by atoms with Gasteiger partial charge in [0.1, 0.15) is 0 Å². The highest BCUT2D eigenvalue weighted by Crippen LogP contribution is 2.24. The van der Waals surface area contributed by atoms with Crippen molar-refractivity contribution in [2.45, 2.75) is 12.8 Å². The van der Waals surface area contributed by atoms with Gasteiger partial charge in [0.2, 0.25) is 5.91 Å². The lowest BCUT2D eigenvalue weighted by Gasteiger charge is -2.00. The van der Waals surface area contributed by atoms with E-state index in [-0.39, 0.29) is 5.91 Å². The number of hydrogen-bond acceptors (Lipinski definition) is 5. The SMILES string of the molecule is O=C(CCc1ccsc1)Nc1nc(-c2cccnc2)cs1. The second-order valence-corrected chi connectivity index (χ2v) is 6.10. The number of hydrogen-bond donors (Lipinski definition) is 1. The molecule has 0 atom stereocenters. The summed E-state index contributed by atoms with van der Waals surface area (Å²) in [6.45, 7) is 0. The van der Waals surface area contributed by atoms with Crippen LogP contribution in [0.3, 0.4) is 0 Å². The number of carbonyl (C=O) groups excluding carboxylic acids is 1. The van der Waals surface area contributed by atoms with E-state index in [1.165, 1.54) is 16.9 Å². The molecule has 0 saturated heterocycles. The number of carbonyl (C=O) groups is 1. The van der Waals surface area contributed by atoms with E-state index in [2.05, 4.69) is 20.7 Å². The zero-order valence-corrected chi connectivity index (χ0v) is 12.8. The standard InChI is InChI=1S/C15H13N3OS2/c19-14(4-3-11-5-7-20-9-11)18-15-17-13(10-21-15)12-2-1-6-16-8-12/h1-2,5-10H,3-4H2,(H,17,18,19). The number of aryl methyl sites for hydroxylation is 1. The van der Waals surface area contributed by atoms with Crippen LogP contribution in [-0.2, 0) is 11.2 Å². The normalized spacial score (nSPS) is 10.5. The summed E-state index contributed by atoms with van der Waals surface area (Å²) in [4.78, 5) is 20.4. The molecule has 21 heavy (non-hydrogen) atoms. The van der Waals surface area contributed by atoms with Gasteiger partial charge in [-0.15, -0.1) is 11.3 Å². The molecule has 0 aliphatic carbocycles. The lowest BCUT2D eigenvalue weighted by atomic mass is 10.2. The summed E-state index contributed by atoms with van der Waals surface area (Å²) in [7, 11) is 0. The molecule has 3 aromatic heterocycles. The Hall–Kier alpha value is -2.05. The highest BCUT2D eigenvalue weighted by molar-refractivity contribution is 7.14. The molecule has 3 rings (SSSR count). The highest BCUT2D eigenvalue weighted by Gasteiger charge is 2.08. The molecule has 6 heteroatoms. The average molecular weight is 315 g/mol. The number of aromatic nitrogens is 2. The molecule has 3 aromatic rings. The number of nitrogens with zero attached hydrogens (tertiary/aromatic N) is 2. The maximum Gasteiger partial charge on any atom is 0.226 e. The van der Waals surface area contributed by atoms with Crippen LogP contribution in [0, 0.1) is 0 Å². The van der Waals surface area contributed by atoms with Crippen LogP contribution >= 0.6 is 22.7 Å². The average Bonchev–Trinajstić information content (AvgIpc) is 3.17. The number of rotatable bonds is 5.